The van der Waals surface area contributed by atoms with Gasteiger partial charge in [0.05, 0.1) is 7.11 Å². The van der Waals surface area contributed by atoms with Crippen molar-refractivity contribution in [2.45, 2.75) is 92.3 Å². The highest BCUT2D eigenvalue weighted by Crippen LogP contribution is 2.29. The standard InChI is InChI=1S/C28H45N3O6/c1-10-12-16-31(26(34)23(18(3)11-2)30-27(35)37-28(6,7)8)24(25(33)29-17-22(32)36-9)21-15-13-14-19(4)20(21)5/h13-15,18,23-24H,10-12,16-17H2,1-9H3,(H,29,33)(H,30,35). The number of nitrogens with one attached hydrogen (secondary N) is 2. The van der Waals surface area contributed by atoms with Crippen molar-refractivity contribution in [1.29, 1.82) is 0 Å². The van der Waals surface area contributed by atoms with Gasteiger partial charge in [-0.05, 0) is 63.6 Å². The van der Waals surface area contributed by atoms with Gasteiger partial charge in [-0.2, -0.15) is 0 Å². The van der Waals surface area contributed by atoms with E-state index in [2.05, 4.69) is 15.4 Å². The number of hydrogen-bond acceptors (Lipinski definition) is 6. The van der Waals surface area contributed by atoms with Gasteiger partial charge in [-0.1, -0.05) is 51.8 Å². The molecular formula is C28H45N3O6. The molecule has 2 N–H and O–H groups in total. The number of aryl methyl sites for hydroxylation is 1. The van der Waals surface area contributed by atoms with Gasteiger partial charge in [0.25, 0.3) is 0 Å². The van der Waals surface area contributed by atoms with Crippen LogP contribution in [0.15, 0.2) is 18.2 Å². The molecular weight excluding hydrogens is 474 g/mol. The molecule has 0 aliphatic carbocycles. The zero-order valence-corrected chi connectivity index (χ0v) is 23.9. The SMILES string of the molecule is CCCCN(C(=O)C(NC(=O)OC(C)(C)C)C(C)CC)C(C(=O)NCC(=O)OC)c1cccc(C)c1C. The largest absolute Gasteiger partial charge is 0.468 e. The summed E-state index contributed by atoms with van der Waals surface area (Å²) in [5.74, 6) is -1.69. The fourth-order valence-corrected chi connectivity index (χ4v) is 3.84. The van der Waals surface area contributed by atoms with E-state index in [1.807, 2.05) is 52.8 Å². The molecule has 1 rings (SSSR count). The zero-order chi connectivity index (χ0) is 28.3. The van der Waals surface area contributed by atoms with E-state index in [0.717, 1.165) is 17.5 Å². The highest BCUT2D eigenvalue weighted by molar-refractivity contribution is 5.93. The van der Waals surface area contributed by atoms with Crippen LogP contribution in [0.5, 0.6) is 0 Å². The van der Waals surface area contributed by atoms with Crippen LogP contribution in [-0.4, -0.2) is 60.6 Å². The van der Waals surface area contributed by atoms with E-state index < -0.39 is 35.7 Å². The smallest absolute Gasteiger partial charge is 0.408 e. The number of carbonyl (C=O) groups is 4. The molecule has 1 aromatic carbocycles. The van der Waals surface area contributed by atoms with Crippen LogP contribution in [0.4, 0.5) is 4.79 Å². The normalized spacial score (nSPS) is 13.6. The maximum absolute atomic E-state index is 14.1. The Labute approximate surface area is 221 Å². The van der Waals surface area contributed by atoms with Crippen LogP contribution >= 0.6 is 0 Å². The van der Waals surface area contributed by atoms with Crippen LogP contribution in [0.25, 0.3) is 0 Å². The number of rotatable bonds is 12. The highest BCUT2D eigenvalue weighted by Gasteiger charge is 2.38. The van der Waals surface area contributed by atoms with E-state index in [1.54, 1.807) is 20.8 Å². The molecule has 0 aliphatic heterocycles. The highest BCUT2D eigenvalue weighted by atomic mass is 16.6. The lowest BCUT2D eigenvalue weighted by molar-refractivity contribution is -0.145. The van der Waals surface area contributed by atoms with Crippen molar-refractivity contribution in [3.8, 4) is 0 Å². The van der Waals surface area contributed by atoms with Crippen LogP contribution in [0, 0.1) is 19.8 Å². The minimum absolute atomic E-state index is 0.221. The molecule has 0 aromatic heterocycles. The number of methoxy groups -OCH3 is 1. The molecule has 9 nitrogen and oxygen atoms in total. The summed E-state index contributed by atoms with van der Waals surface area (Å²) in [6, 6.07) is 3.68. The van der Waals surface area contributed by atoms with E-state index in [-0.39, 0.29) is 18.4 Å². The Kier molecular flexibility index (Phi) is 12.6. The number of hydrogen-bond donors (Lipinski definition) is 2. The maximum atomic E-state index is 14.1. The van der Waals surface area contributed by atoms with Crippen molar-refractivity contribution in [1.82, 2.24) is 15.5 Å². The molecule has 0 radical (unpaired) electrons. The summed E-state index contributed by atoms with van der Waals surface area (Å²) in [7, 11) is 1.24. The lowest BCUT2D eigenvalue weighted by Gasteiger charge is -2.36. The van der Waals surface area contributed by atoms with Gasteiger partial charge in [-0.15, -0.1) is 0 Å². The Bertz CT molecular complexity index is 940. The molecule has 3 amide bonds. The van der Waals surface area contributed by atoms with Crippen molar-refractivity contribution in [3.63, 3.8) is 0 Å². The number of carbonyl (C=O) groups excluding carboxylic acids is 4. The van der Waals surface area contributed by atoms with Crippen LogP contribution in [0.2, 0.25) is 0 Å². The van der Waals surface area contributed by atoms with Crippen molar-refractivity contribution >= 4 is 23.9 Å². The number of ether oxygens (including phenoxy) is 2. The average Bonchev–Trinajstić information content (AvgIpc) is 2.83. The first kappa shape index (κ1) is 31.9. The molecule has 3 unspecified atom stereocenters. The number of amides is 3. The molecule has 208 valence electrons. The van der Waals surface area contributed by atoms with Gasteiger partial charge in [0.1, 0.15) is 24.2 Å². The van der Waals surface area contributed by atoms with Crippen LogP contribution in [0.3, 0.4) is 0 Å². The number of alkyl carbamates (subject to hydrolysis) is 1. The lowest BCUT2D eigenvalue weighted by atomic mass is 9.92. The van der Waals surface area contributed by atoms with Crippen LogP contribution in [-0.2, 0) is 23.9 Å². The van der Waals surface area contributed by atoms with E-state index in [9.17, 15) is 19.2 Å². The quantitative estimate of drug-likeness (QED) is 0.400. The number of nitrogens with zero attached hydrogens (tertiary/aromatic N) is 1. The van der Waals surface area contributed by atoms with Gasteiger partial charge >= 0.3 is 12.1 Å². The van der Waals surface area contributed by atoms with E-state index in [1.165, 1.54) is 12.0 Å². The first-order chi connectivity index (χ1) is 17.3. The van der Waals surface area contributed by atoms with E-state index >= 15 is 0 Å². The van der Waals surface area contributed by atoms with Gasteiger partial charge < -0.3 is 25.0 Å². The minimum Gasteiger partial charge on any atom is -0.468 e. The second-order valence-electron chi connectivity index (χ2n) is 10.4. The second-order valence-corrected chi connectivity index (χ2v) is 10.4. The number of benzene rings is 1. The van der Waals surface area contributed by atoms with Crippen LogP contribution < -0.4 is 10.6 Å². The van der Waals surface area contributed by atoms with Crippen LogP contribution in [0.1, 0.15) is 83.5 Å². The van der Waals surface area contributed by atoms with Gasteiger partial charge in [0, 0.05) is 6.54 Å². The molecule has 37 heavy (non-hydrogen) atoms. The van der Waals surface area contributed by atoms with Crippen molar-refractivity contribution in [2.24, 2.45) is 5.92 Å². The monoisotopic (exact) mass is 519 g/mol. The molecule has 0 saturated carbocycles. The molecule has 0 fully saturated rings. The predicted octanol–water partition coefficient (Wildman–Crippen LogP) is 4.20. The summed E-state index contributed by atoms with van der Waals surface area (Å²) in [5.41, 5.74) is 1.77. The predicted molar refractivity (Wildman–Crippen MR) is 143 cm³/mol. The number of unbranched alkanes of at least 4 members (excludes halogenated alkanes) is 1. The first-order valence-electron chi connectivity index (χ1n) is 13.0. The Morgan fingerprint density at radius 2 is 1.73 bits per heavy atom. The van der Waals surface area contributed by atoms with Gasteiger partial charge in [0.15, 0.2) is 0 Å². The van der Waals surface area contributed by atoms with E-state index in [4.69, 9.17) is 4.74 Å². The summed E-state index contributed by atoms with van der Waals surface area (Å²) in [6.45, 7) is 14.9. The number of esters is 1. The zero-order valence-electron chi connectivity index (χ0n) is 23.9. The molecule has 0 bridgehead atoms. The fourth-order valence-electron chi connectivity index (χ4n) is 3.84. The Balaban J connectivity index is 3.57. The molecule has 3 atom stereocenters. The Hall–Kier alpha value is -3.10. The van der Waals surface area contributed by atoms with Gasteiger partial charge in [0.2, 0.25) is 11.8 Å². The third-order valence-electron chi connectivity index (χ3n) is 6.32. The van der Waals surface area contributed by atoms with Crippen molar-refractivity contribution < 1.29 is 28.7 Å². The summed E-state index contributed by atoms with van der Waals surface area (Å²) < 4.78 is 10.1. The summed E-state index contributed by atoms with van der Waals surface area (Å²) in [4.78, 5) is 53.7. The van der Waals surface area contributed by atoms with Gasteiger partial charge in [-0.3, -0.25) is 14.4 Å². The van der Waals surface area contributed by atoms with Crippen molar-refractivity contribution in [3.05, 3.63) is 34.9 Å². The van der Waals surface area contributed by atoms with Crippen molar-refractivity contribution in [2.75, 3.05) is 20.2 Å². The Morgan fingerprint density at radius 1 is 1.08 bits per heavy atom. The summed E-state index contributed by atoms with van der Waals surface area (Å²) in [6.07, 6.45) is 1.37. The molecule has 0 heterocycles. The summed E-state index contributed by atoms with van der Waals surface area (Å²) in [5, 5.41) is 5.38. The molecule has 0 spiro atoms. The second kappa shape index (κ2) is 14.6. The topological polar surface area (TPSA) is 114 Å². The van der Waals surface area contributed by atoms with Gasteiger partial charge in [-0.25, -0.2) is 4.79 Å². The first-order valence-corrected chi connectivity index (χ1v) is 13.0. The minimum atomic E-state index is -1.00. The molecule has 1 aromatic rings. The third-order valence-corrected chi connectivity index (χ3v) is 6.32. The third kappa shape index (κ3) is 9.70. The maximum Gasteiger partial charge on any atom is 0.408 e. The summed E-state index contributed by atoms with van der Waals surface area (Å²) >= 11 is 0. The average molecular weight is 520 g/mol. The molecule has 0 aliphatic rings. The lowest BCUT2D eigenvalue weighted by Crippen LogP contribution is -2.55. The molecule has 9 heteroatoms. The Morgan fingerprint density at radius 3 is 2.27 bits per heavy atom. The van der Waals surface area contributed by atoms with E-state index in [0.29, 0.717) is 24.9 Å². The fraction of sp³-hybridized carbons (Fsp3) is 0.643. The molecule has 0 saturated heterocycles.